The van der Waals surface area contributed by atoms with E-state index in [0.29, 0.717) is 0 Å². The van der Waals surface area contributed by atoms with E-state index < -0.39 is 11.0 Å². The summed E-state index contributed by atoms with van der Waals surface area (Å²) in [4.78, 5) is 4.50. The van der Waals surface area contributed by atoms with Crippen molar-refractivity contribution in [3.05, 3.63) is 78.9 Å². The van der Waals surface area contributed by atoms with Gasteiger partial charge in [0.2, 0.25) is 0 Å². The molecule has 2 aromatic carbocycles. The fourth-order valence-corrected chi connectivity index (χ4v) is 3.38. The maximum atomic E-state index is 13.1. The summed E-state index contributed by atoms with van der Waals surface area (Å²) >= 11 is 0. The molecule has 0 aliphatic heterocycles. The maximum Gasteiger partial charge on any atom is 0.137 e. The molecule has 1 unspecified atom stereocenters. The number of halogens is 1. The lowest BCUT2D eigenvalue weighted by Gasteiger charge is -2.07. The van der Waals surface area contributed by atoms with Crippen molar-refractivity contribution in [2.45, 2.75) is 0 Å². The first kappa shape index (κ1) is 16.5. The molecule has 6 heteroatoms. The van der Waals surface area contributed by atoms with Crippen LogP contribution in [0.2, 0.25) is 0 Å². The molecule has 2 aromatic heterocycles. The summed E-state index contributed by atoms with van der Waals surface area (Å²) < 4.78 is 29.4. The van der Waals surface area contributed by atoms with Gasteiger partial charge >= 0.3 is 0 Å². The van der Waals surface area contributed by atoms with Gasteiger partial charge in [0, 0.05) is 23.7 Å². The summed E-state index contributed by atoms with van der Waals surface area (Å²) in [6, 6.07) is 18.1. The minimum atomic E-state index is -1.12. The number of rotatable bonds is 4. The van der Waals surface area contributed by atoms with Crippen molar-refractivity contribution < 1.29 is 8.60 Å². The van der Waals surface area contributed by atoms with E-state index in [1.54, 1.807) is 18.4 Å². The molecule has 0 radical (unpaired) electrons. The number of pyridine rings is 1. The van der Waals surface area contributed by atoms with E-state index in [-0.39, 0.29) is 5.82 Å². The minimum Gasteiger partial charge on any atom is -0.305 e. The van der Waals surface area contributed by atoms with Gasteiger partial charge in [-0.3, -0.25) is 4.40 Å². The Morgan fingerprint density at radius 2 is 1.81 bits per heavy atom. The van der Waals surface area contributed by atoms with Gasteiger partial charge in [0.25, 0.3) is 0 Å². The number of nitrogens with one attached hydrogen (secondary N) is 1. The average Bonchev–Trinajstić information content (AvgIpc) is 3.05. The molecule has 4 nitrogen and oxygen atoms in total. The Hall–Kier alpha value is -2.99. The van der Waals surface area contributed by atoms with E-state index in [1.165, 1.54) is 12.1 Å². The Balaban J connectivity index is 1.74. The maximum absolute atomic E-state index is 13.1. The van der Waals surface area contributed by atoms with Crippen molar-refractivity contribution in [3.8, 4) is 22.4 Å². The Labute approximate surface area is 152 Å². The summed E-state index contributed by atoms with van der Waals surface area (Å²) in [6.45, 7) is 0. The van der Waals surface area contributed by atoms with Crippen LogP contribution in [0.15, 0.2) is 73.1 Å². The van der Waals surface area contributed by atoms with Crippen molar-refractivity contribution in [1.29, 1.82) is 0 Å². The Morgan fingerprint density at radius 1 is 1.00 bits per heavy atom. The van der Waals surface area contributed by atoms with E-state index in [2.05, 4.69) is 9.71 Å². The number of benzene rings is 2. The molecule has 4 aromatic rings. The van der Waals surface area contributed by atoms with Gasteiger partial charge in [-0.15, -0.1) is 0 Å². The van der Waals surface area contributed by atoms with Crippen LogP contribution >= 0.6 is 0 Å². The summed E-state index contributed by atoms with van der Waals surface area (Å²) in [5, 5.41) is 0. The fraction of sp³-hybridized carbons (Fsp3) is 0.0500. The molecule has 0 bridgehead atoms. The highest BCUT2D eigenvalue weighted by atomic mass is 32.2. The molecular weight excluding hydrogens is 349 g/mol. The second-order valence-electron chi connectivity index (χ2n) is 5.93. The van der Waals surface area contributed by atoms with E-state index in [4.69, 9.17) is 0 Å². The normalized spacial score (nSPS) is 12.2. The number of hydrogen-bond donors (Lipinski definition) is 1. The number of aromatic nitrogens is 2. The van der Waals surface area contributed by atoms with Crippen LogP contribution in [0.4, 0.5) is 10.1 Å². The van der Waals surface area contributed by atoms with Gasteiger partial charge in [0.05, 0.1) is 11.9 Å². The van der Waals surface area contributed by atoms with Crippen molar-refractivity contribution in [2.75, 3.05) is 11.0 Å². The van der Waals surface area contributed by atoms with E-state index in [9.17, 15) is 8.60 Å². The van der Waals surface area contributed by atoms with Crippen LogP contribution in [0.3, 0.4) is 0 Å². The summed E-state index contributed by atoms with van der Waals surface area (Å²) in [5.74, 6) is -0.251. The van der Waals surface area contributed by atoms with Gasteiger partial charge in [-0.05, 0) is 47.5 Å². The molecule has 0 fully saturated rings. The van der Waals surface area contributed by atoms with Crippen LogP contribution in [-0.4, -0.2) is 19.8 Å². The van der Waals surface area contributed by atoms with Gasteiger partial charge in [-0.1, -0.05) is 24.3 Å². The lowest BCUT2D eigenvalue weighted by Crippen LogP contribution is -2.00. The molecule has 1 N–H and O–H groups in total. The number of fused-ring (bicyclic) bond motifs is 1. The zero-order chi connectivity index (χ0) is 18.1. The van der Waals surface area contributed by atoms with Crippen LogP contribution in [-0.2, 0) is 11.0 Å². The molecule has 0 saturated carbocycles. The fourth-order valence-electron chi connectivity index (χ4n) is 2.92. The third-order valence-electron chi connectivity index (χ3n) is 4.11. The molecule has 26 heavy (non-hydrogen) atoms. The topological polar surface area (TPSA) is 46.4 Å². The molecule has 130 valence electrons. The predicted molar refractivity (Wildman–Crippen MR) is 104 cm³/mol. The highest BCUT2D eigenvalue weighted by molar-refractivity contribution is 7.85. The second-order valence-corrected chi connectivity index (χ2v) is 7.04. The molecule has 0 amide bonds. The van der Waals surface area contributed by atoms with Crippen molar-refractivity contribution in [1.82, 2.24) is 9.38 Å². The Morgan fingerprint density at radius 3 is 2.58 bits per heavy atom. The molecule has 0 aliphatic carbocycles. The van der Waals surface area contributed by atoms with E-state index >= 15 is 0 Å². The van der Waals surface area contributed by atoms with Crippen LogP contribution in [0.25, 0.3) is 28.0 Å². The van der Waals surface area contributed by atoms with Gasteiger partial charge in [0.15, 0.2) is 0 Å². The van der Waals surface area contributed by atoms with Gasteiger partial charge in [-0.2, -0.15) is 0 Å². The summed E-state index contributed by atoms with van der Waals surface area (Å²) in [6.07, 6.45) is 5.36. The lowest BCUT2D eigenvalue weighted by atomic mass is 10.1. The SMILES string of the molecule is CS(=O)Nc1cccc(-c2cnc3cc(-c4ccc(F)cc4)ccn23)c1. The summed E-state index contributed by atoms with van der Waals surface area (Å²) in [5.41, 5.74) is 5.43. The largest absolute Gasteiger partial charge is 0.305 e. The number of anilines is 1. The highest BCUT2D eigenvalue weighted by Crippen LogP contribution is 2.27. The molecule has 4 rings (SSSR count). The van der Waals surface area contributed by atoms with Crippen molar-refractivity contribution in [2.24, 2.45) is 0 Å². The van der Waals surface area contributed by atoms with Crippen LogP contribution in [0, 0.1) is 5.82 Å². The van der Waals surface area contributed by atoms with Crippen molar-refractivity contribution in [3.63, 3.8) is 0 Å². The Bertz CT molecular complexity index is 1110. The van der Waals surface area contributed by atoms with E-state index in [0.717, 1.165) is 33.7 Å². The molecule has 2 heterocycles. The zero-order valence-electron chi connectivity index (χ0n) is 14.0. The molecule has 0 aliphatic rings. The molecule has 0 saturated heterocycles. The third kappa shape index (κ3) is 3.23. The third-order valence-corrected chi connectivity index (χ3v) is 4.63. The zero-order valence-corrected chi connectivity index (χ0v) is 14.8. The van der Waals surface area contributed by atoms with Gasteiger partial charge in [0.1, 0.15) is 22.5 Å². The molecule has 1 atom stereocenters. The highest BCUT2D eigenvalue weighted by Gasteiger charge is 2.08. The lowest BCUT2D eigenvalue weighted by molar-refractivity contribution is 0.628. The van der Waals surface area contributed by atoms with Crippen LogP contribution < -0.4 is 4.72 Å². The summed E-state index contributed by atoms with van der Waals surface area (Å²) in [7, 11) is -1.12. The minimum absolute atomic E-state index is 0.251. The smallest absolute Gasteiger partial charge is 0.137 e. The average molecular weight is 365 g/mol. The van der Waals surface area contributed by atoms with E-state index in [1.807, 2.05) is 53.2 Å². The number of imidazole rings is 1. The molecule has 0 spiro atoms. The van der Waals surface area contributed by atoms with Crippen molar-refractivity contribution >= 4 is 22.3 Å². The van der Waals surface area contributed by atoms with Gasteiger partial charge in [-0.25, -0.2) is 13.6 Å². The van der Waals surface area contributed by atoms with Gasteiger partial charge < -0.3 is 4.72 Å². The Kier molecular flexibility index (Phi) is 4.26. The van der Waals surface area contributed by atoms with Crippen LogP contribution in [0.1, 0.15) is 0 Å². The first-order chi connectivity index (χ1) is 12.6. The molecular formula is C20H16FN3OS. The number of hydrogen-bond acceptors (Lipinski definition) is 2. The quantitative estimate of drug-likeness (QED) is 0.578. The number of nitrogens with zero attached hydrogens (tertiary/aromatic N) is 2. The predicted octanol–water partition coefficient (Wildman–Crippen LogP) is 4.51. The second kappa shape index (κ2) is 6.72. The first-order valence-corrected chi connectivity index (χ1v) is 9.59. The monoisotopic (exact) mass is 365 g/mol. The first-order valence-electron chi connectivity index (χ1n) is 8.04. The standard InChI is InChI=1S/C20H16FN3OS/c1-26(25)23-18-4-2-3-16(11-18)19-13-22-20-12-15(9-10-24(19)20)14-5-7-17(21)8-6-14/h2-13,23H,1H3. The van der Waals surface area contributed by atoms with Crippen LogP contribution in [0.5, 0.6) is 0 Å².